The first-order valence-electron chi connectivity index (χ1n) is 5.66. The molecule has 0 N–H and O–H groups in total. The van der Waals surface area contributed by atoms with Crippen molar-refractivity contribution in [1.29, 1.82) is 0 Å². The fourth-order valence-electron chi connectivity index (χ4n) is 1.51. The van der Waals surface area contributed by atoms with Crippen molar-refractivity contribution in [2.75, 3.05) is 0 Å². The molecule has 82 valence electrons. The zero-order valence-electron chi connectivity index (χ0n) is 9.33. The van der Waals surface area contributed by atoms with Crippen LogP contribution in [0, 0.1) is 0 Å². The van der Waals surface area contributed by atoms with Gasteiger partial charge in [-0.1, -0.05) is 61.9 Å². The van der Waals surface area contributed by atoms with E-state index in [9.17, 15) is 0 Å². The lowest BCUT2D eigenvalue weighted by Crippen LogP contribution is -1.98. The predicted molar refractivity (Wildman–Crippen MR) is 75.3 cm³/mol. The summed E-state index contributed by atoms with van der Waals surface area (Å²) in [5.41, 5.74) is 1.40. The van der Waals surface area contributed by atoms with E-state index in [-0.39, 0.29) is 0 Å². The first-order chi connectivity index (χ1) is 7.33. The average Bonchev–Trinajstić information content (AvgIpc) is 2.26. The van der Waals surface area contributed by atoms with Gasteiger partial charge in [-0.25, -0.2) is 0 Å². The third-order valence-corrected chi connectivity index (χ3v) is 6.84. The van der Waals surface area contributed by atoms with E-state index in [2.05, 4.69) is 64.7 Å². The molecule has 0 saturated carbocycles. The van der Waals surface area contributed by atoms with Crippen molar-refractivity contribution >= 4 is 22.7 Å². The second kappa shape index (κ2) is 7.89. The Balaban J connectivity index is 2.22. The van der Waals surface area contributed by atoms with Crippen LogP contribution < -0.4 is 0 Å². The number of hydrogen-bond donors (Lipinski definition) is 0. The van der Waals surface area contributed by atoms with Crippen molar-refractivity contribution in [3.8, 4) is 0 Å². The molecule has 0 aliphatic carbocycles. The zero-order valence-corrected chi connectivity index (χ0v) is 12.1. The van der Waals surface area contributed by atoms with Crippen LogP contribution in [0.3, 0.4) is 0 Å². The third kappa shape index (κ3) is 5.95. The minimum Gasteiger partial charge on any atom is -0.130 e. The van der Waals surface area contributed by atoms with Crippen LogP contribution in [-0.4, -0.2) is 7.42 Å². The minimum absolute atomic E-state index is 0.602. The van der Waals surface area contributed by atoms with Crippen LogP contribution in [0.15, 0.2) is 42.5 Å². The summed E-state index contributed by atoms with van der Waals surface area (Å²) >= 11 is 3.81. The first-order valence-corrected chi connectivity index (χ1v) is 10.5. The first kappa shape index (κ1) is 12.7. The molecule has 0 aliphatic heterocycles. The quantitative estimate of drug-likeness (QED) is 0.414. The highest BCUT2D eigenvalue weighted by Crippen LogP contribution is 2.10. The number of allylic oxidation sites excluding steroid dienone is 2. The van der Waals surface area contributed by atoms with E-state index in [1.165, 1.54) is 24.1 Å². The van der Waals surface area contributed by atoms with Gasteiger partial charge in [-0.15, -0.1) is 15.3 Å². The maximum atomic E-state index is 3.81. The fourth-order valence-corrected chi connectivity index (χ4v) is 4.88. The smallest absolute Gasteiger partial charge is 0.118 e. The molecule has 0 aliphatic rings. The van der Waals surface area contributed by atoms with Crippen molar-refractivity contribution in [2.24, 2.45) is 0 Å². The SMILES string of the molecule is CCC[SiH](Br)CC=CCc1ccccc1. The van der Waals surface area contributed by atoms with Gasteiger partial charge in [0.25, 0.3) is 0 Å². The monoisotopic (exact) mass is 282 g/mol. The van der Waals surface area contributed by atoms with Gasteiger partial charge in [-0.2, -0.15) is 0 Å². The molecule has 0 amide bonds. The summed E-state index contributed by atoms with van der Waals surface area (Å²) in [6, 6.07) is 13.3. The van der Waals surface area contributed by atoms with Gasteiger partial charge in [0.1, 0.15) is 7.42 Å². The van der Waals surface area contributed by atoms with Crippen molar-refractivity contribution in [1.82, 2.24) is 0 Å². The van der Waals surface area contributed by atoms with Crippen molar-refractivity contribution in [3.63, 3.8) is 0 Å². The molecule has 2 heteroatoms. The Morgan fingerprint density at radius 1 is 1.20 bits per heavy atom. The molecule has 1 atom stereocenters. The Kier molecular flexibility index (Phi) is 6.69. The van der Waals surface area contributed by atoms with Gasteiger partial charge in [-0.05, 0) is 18.0 Å². The lowest BCUT2D eigenvalue weighted by atomic mass is 10.1. The Labute approximate surface area is 103 Å². The van der Waals surface area contributed by atoms with Crippen molar-refractivity contribution in [3.05, 3.63) is 48.0 Å². The number of halogens is 1. The van der Waals surface area contributed by atoms with Crippen molar-refractivity contribution in [2.45, 2.75) is 31.9 Å². The van der Waals surface area contributed by atoms with E-state index >= 15 is 0 Å². The highest BCUT2D eigenvalue weighted by atomic mass is 79.9. The molecule has 1 unspecified atom stereocenters. The second-order valence-electron chi connectivity index (χ2n) is 3.78. The van der Waals surface area contributed by atoms with E-state index in [1.54, 1.807) is 0 Å². The van der Waals surface area contributed by atoms with E-state index in [0.717, 1.165) is 6.42 Å². The molecule has 0 bridgehead atoms. The van der Waals surface area contributed by atoms with Gasteiger partial charge in [0.2, 0.25) is 0 Å². The molecule has 0 saturated heterocycles. The molecule has 0 nitrogen and oxygen atoms in total. The summed E-state index contributed by atoms with van der Waals surface area (Å²) in [7, 11) is -0.602. The van der Waals surface area contributed by atoms with Gasteiger partial charge in [-0.3, -0.25) is 0 Å². The normalized spacial score (nSPS) is 13.2. The Morgan fingerprint density at radius 3 is 2.60 bits per heavy atom. The number of benzene rings is 1. The van der Waals surface area contributed by atoms with E-state index in [4.69, 9.17) is 0 Å². The summed E-state index contributed by atoms with van der Waals surface area (Å²) in [6.45, 7) is 2.26. The van der Waals surface area contributed by atoms with Gasteiger partial charge < -0.3 is 0 Å². The molecular weight excluding hydrogens is 264 g/mol. The van der Waals surface area contributed by atoms with Crippen molar-refractivity contribution < 1.29 is 0 Å². The lowest BCUT2D eigenvalue weighted by Gasteiger charge is -2.01. The Hall–Kier alpha value is -0.343. The Bertz CT molecular complexity index is 282. The molecule has 0 fully saturated rings. The molecule has 0 spiro atoms. The van der Waals surface area contributed by atoms with Gasteiger partial charge in [0, 0.05) is 0 Å². The fraction of sp³-hybridized carbons (Fsp3) is 0.385. The largest absolute Gasteiger partial charge is 0.130 e. The molecule has 1 aromatic rings. The van der Waals surface area contributed by atoms with Crippen LogP contribution in [0.4, 0.5) is 0 Å². The van der Waals surface area contributed by atoms with Gasteiger partial charge in [0.05, 0.1) is 0 Å². The minimum atomic E-state index is -0.602. The molecule has 0 heterocycles. The average molecular weight is 283 g/mol. The van der Waals surface area contributed by atoms with Crippen LogP contribution in [0.2, 0.25) is 12.1 Å². The molecule has 1 aromatic carbocycles. The highest BCUT2D eigenvalue weighted by molar-refractivity contribution is 9.24. The predicted octanol–water partition coefficient (Wildman–Crippen LogP) is 4.31. The molecular formula is C13H19BrSi. The maximum Gasteiger partial charge on any atom is 0.118 e. The second-order valence-corrected chi connectivity index (χ2v) is 9.91. The summed E-state index contributed by atoms with van der Waals surface area (Å²) < 4.78 is 0. The molecule has 15 heavy (non-hydrogen) atoms. The van der Waals surface area contributed by atoms with Gasteiger partial charge in [0.15, 0.2) is 0 Å². The molecule has 1 rings (SSSR count). The van der Waals surface area contributed by atoms with Crippen LogP contribution in [-0.2, 0) is 6.42 Å². The summed E-state index contributed by atoms with van der Waals surface area (Å²) in [5.74, 6) is 0. The molecule has 0 radical (unpaired) electrons. The van der Waals surface area contributed by atoms with Crippen LogP contribution in [0.5, 0.6) is 0 Å². The van der Waals surface area contributed by atoms with E-state index < -0.39 is 7.42 Å². The molecule has 0 aromatic heterocycles. The summed E-state index contributed by atoms with van der Waals surface area (Å²) in [4.78, 5) is 0. The van der Waals surface area contributed by atoms with Crippen LogP contribution >= 0.6 is 15.3 Å². The Morgan fingerprint density at radius 2 is 1.93 bits per heavy atom. The van der Waals surface area contributed by atoms with E-state index in [0.29, 0.717) is 0 Å². The number of rotatable bonds is 6. The van der Waals surface area contributed by atoms with Gasteiger partial charge >= 0.3 is 0 Å². The standard InChI is InChI=1S/C13H19BrSi/c1-2-11-15(14)12-7-6-10-13-8-4-3-5-9-13/h3-9,15H,2,10-12H2,1H3. The van der Waals surface area contributed by atoms with E-state index in [1.807, 2.05) is 0 Å². The topological polar surface area (TPSA) is 0 Å². The van der Waals surface area contributed by atoms with Crippen LogP contribution in [0.1, 0.15) is 18.9 Å². The number of hydrogen-bond acceptors (Lipinski definition) is 0. The lowest BCUT2D eigenvalue weighted by molar-refractivity contribution is 1.07. The zero-order chi connectivity index (χ0) is 10.9. The third-order valence-electron chi connectivity index (χ3n) is 2.36. The maximum absolute atomic E-state index is 3.81. The summed E-state index contributed by atoms with van der Waals surface area (Å²) in [6.07, 6.45) is 7.02. The summed E-state index contributed by atoms with van der Waals surface area (Å²) in [5, 5.41) is 0. The van der Waals surface area contributed by atoms with Crippen LogP contribution in [0.25, 0.3) is 0 Å². The highest BCUT2D eigenvalue weighted by Gasteiger charge is 2.00.